The Morgan fingerprint density at radius 2 is 1.23 bits per heavy atom. The van der Waals surface area contributed by atoms with Crippen LogP contribution < -0.4 is 0 Å². The van der Waals surface area contributed by atoms with Gasteiger partial charge in [0.05, 0.1) is 4.90 Å². The first-order valence-electron chi connectivity index (χ1n) is 11.9. The third-order valence-corrected chi connectivity index (χ3v) is 6.50. The van der Waals surface area contributed by atoms with Crippen LogP contribution in [0, 0.1) is 5.92 Å². The van der Waals surface area contributed by atoms with E-state index in [0.29, 0.717) is 5.92 Å². The van der Waals surface area contributed by atoms with Crippen LogP contribution in [0.4, 0.5) is 0 Å². The molecular formula is C25H45LiO3S. The number of rotatable bonds is 17. The van der Waals surface area contributed by atoms with Gasteiger partial charge in [-0.25, -0.2) is 0 Å². The van der Waals surface area contributed by atoms with Crippen molar-refractivity contribution in [2.24, 2.45) is 5.92 Å². The molecule has 0 fully saturated rings. The molecule has 1 N–H and O–H groups in total. The third-order valence-electron chi connectivity index (χ3n) is 5.65. The molecule has 3 nitrogen and oxygen atoms in total. The van der Waals surface area contributed by atoms with Crippen molar-refractivity contribution >= 4 is 29.0 Å². The molecule has 0 spiro atoms. The van der Waals surface area contributed by atoms with Crippen LogP contribution >= 0.6 is 0 Å². The molecule has 30 heavy (non-hydrogen) atoms. The molecular weight excluding hydrogens is 387 g/mol. The topological polar surface area (TPSA) is 54.4 Å². The zero-order valence-electron chi connectivity index (χ0n) is 19.1. The summed E-state index contributed by atoms with van der Waals surface area (Å²) in [4.78, 5) is 0.0160. The van der Waals surface area contributed by atoms with Crippen molar-refractivity contribution in [2.45, 2.75) is 122 Å². The molecule has 0 saturated carbocycles. The maximum absolute atomic E-state index is 11.4. The molecule has 0 aromatic heterocycles. The summed E-state index contributed by atoms with van der Waals surface area (Å²) in [5.74, 6) is 0.456. The summed E-state index contributed by atoms with van der Waals surface area (Å²) in [7, 11) is -4.13. The molecule has 1 rings (SSSR count). The molecule has 0 saturated heterocycles. The normalized spacial score (nSPS) is 11.6. The van der Waals surface area contributed by atoms with Gasteiger partial charge in [-0.15, -0.1) is 0 Å². The van der Waals surface area contributed by atoms with Crippen LogP contribution in [0.15, 0.2) is 23.1 Å². The number of aryl methyl sites for hydroxylation is 1. The SMILES string of the molecule is CCCCCCCCCCCCCCCc1ccc(S(=O)(=O)O)cc1CC(C)C.[LiH]. The standard InChI is InChI=1S/C25H44O3S.Li.H/c1-4-5-6-7-8-9-10-11-12-13-14-15-16-17-23-18-19-25(29(26,27)28)21-24(23)20-22(2)3;;/h18-19,21-22H,4-17,20H2,1-3H3,(H,26,27,28);;. The van der Waals surface area contributed by atoms with Gasteiger partial charge in [-0.3, -0.25) is 4.55 Å². The second kappa shape index (κ2) is 17.3. The van der Waals surface area contributed by atoms with Gasteiger partial charge in [-0.2, -0.15) is 8.42 Å². The summed E-state index contributed by atoms with van der Waals surface area (Å²) in [6, 6.07) is 5.09. The molecule has 0 aliphatic carbocycles. The molecule has 170 valence electrons. The second-order valence-corrected chi connectivity index (χ2v) is 10.4. The Bertz CT molecular complexity index is 656. The third kappa shape index (κ3) is 13.9. The Balaban J connectivity index is 0.00000841. The van der Waals surface area contributed by atoms with Gasteiger partial charge < -0.3 is 0 Å². The number of hydrogen-bond donors (Lipinski definition) is 1. The minimum atomic E-state index is -4.13. The van der Waals surface area contributed by atoms with Gasteiger partial charge >= 0.3 is 18.9 Å². The van der Waals surface area contributed by atoms with Crippen LogP contribution in [0.5, 0.6) is 0 Å². The van der Waals surface area contributed by atoms with E-state index in [1.807, 2.05) is 6.07 Å². The van der Waals surface area contributed by atoms with Crippen LogP contribution in [-0.4, -0.2) is 31.8 Å². The fourth-order valence-corrected chi connectivity index (χ4v) is 4.50. The van der Waals surface area contributed by atoms with Crippen molar-refractivity contribution in [1.29, 1.82) is 0 Å². The number of hydrogen-bond acceptors (Lipinski definition) is 2. The second-order valence-electron chi connectivity index (χ2n) is 9.00. The fraction of sp³-hybridized carbons (Fsp3) is 0.760. The first-order chi connectivity index (χ1) is 13.8. The fourth-order valence-electron chi connectivity index (χ4n) is 3.97. The van der Waals surface area contributed by atoms with Crippen LogP contribution in [0.3, 0.4) is 0 Å². The van der Waals surface area contributed by atoms with E-state index in [9.17, 15) is 13.0 Å². The quantitative estimate of drug-likeness (QED) is 0.162. The van der Waals surface area contributed by atoms with E-state index in [0.717, 1.165) is 24.8 Å². The van der Waals surface area contributed by atoms with Crippen molar-refractivity contribution < 1.29 is 13.0 Å². The molecule has 0 bridgehead atoms. The van der Waals surface area contributed by atoms with Crippen molar-refractivity contribution in [3.63, 3.8) is 0 Å². The van der Waals surface area contributed by atoms with Gasteiger partial charge in [0.2, 0.25) is 0 Å². The summed E-state index contributed by atoms with van der Waals surface area (Å²) >= 11 is 0. The first kappa shape index (κ1) is 29.7. The molecule has 1 aromatic carbocycles. The van der Waals surface area contributed by atoms with Gasteiger partial charge in [-0.05, 0) is 48.4 Å². The van der Waals surface area contributed by atoms with E-state index in [1.165, 1.54) is 88.7 Å². The molecule has 0 radical (unpaired) electrons. The van der Waals surface area contributed by atoms with E-state index >= 15 is 0 Å². The molecule has 0 aliphatic rings. The Morgan fingerprint density at radius 1 is 0.767 bits per heavy atom. The zero-order valence-corrected chi connectivity index (χ0v) is 19.9. The number of unbranched alkanes of at least 4 members (excludes halogenated alkanes) is 12. The molecule has 1 aromatic rings. The Morgan fingerprint density at radius 3 is 1.67 bits per heavy atom. The molecule has 0 heterocycles. The van der Waals surface area contributed by atoms with E-state index in [-0.39, 0.29) is 23.8 Å². The van der Waals surface area contributed by atoms with Crippen molar-refractivity contribution in [2.75, 3.05) is 0 Å². The van der Waals surface area contributed by atoms with Crippen LogP contribution in [-0.2, 0) is 23.0 Å². The molecule has 0 atom stereocenters. The van der Waals surface area contributed by atoms with Crippen LogP contribution in [0.25, 0.3) is 0 Å². The average Bonchev–Trinajstić information content (AvgIpc) is 2.65. The van der Waals surface area contributed by atoms with Gasteiger partial charge in [0, 0.05) is 0 Å². The number of benzene rings is 1. The Hall–Kier alpha value is -0.273. The molecule has 0 unspecified atom stereocenters. The summed E-state index contributed by atoms with van der Waals surface area (Å²) in [6.07, 6.45) is 19.3. The van der Waals surface area contributed by atoms with E-state index in [2.05, 4.69) is 20.8 Å². The summed E-state index contributed by atoms with van der Waals surface area (Å²) in [5.41, 5.74) is 2.29. The molecule has 0 aliphatic heterocycles. The van der Waals surface area contributed by atoms with Gasteiger partial charge in [0.15, 0.2) is 0 Å². The minimum absolute atomic E-state index is 0. The van der Waals surface area contributed by atoms with Gasteiger partial charge in [0.1, 0.15) is 0 Å². The maximum atomic E-state index is 11.4. The predicted molar refractivity (Wildman–Crippen MR) is 131 cm³/mol. The Labute approximate surface area is 198 Å². The van der Waals surface area contributed by atoms with Crippen LogP contribution in [0.1, 0.15) is 115 Å². The van der Waals surface area contributed by atoms with Crippen molar-refractivity contribution in [3.8, 4) is 0 Å². The monoisotopic (exact) mass is 432 g/mol. The summed E-state index contributed by atoms with van der Waals surface area (Å²) in [5, 5.41) is 0. The molecule has 5 heteroatoms. The Kier molecular flexibility index (Phi) is 17.1. The van der Waals surface area contributed by atoms with E-state index in [1.54, 1.807) is 6.07 Å². The van der Waals surface area contributed by atoms with E-state index in [4.69, 9.17) is 0 Å². The summed E-state index contributed by atoms with van der Waals surface area (Å²) < 4.78 is 32.2. The van der Waals surface area contributed by atoms with Crippen LogP contribution in [0.2, 0.25) is 0 Å². The summed E-state index contributed by atoms with van der Waals surface area (Å²) in [6.45, 7) is 6.54. The first-order valence-corrected chi connectivity index (χ1v) is 13.4. The molecule has 0 amide bonds. The van der Waals surface area contributed by atoms with Crippen molar-refractivity contribution in [1.82, 2.24) is 0 Å². The van der Waals surface area contributed by atoms with Gasteiger partial charge in [-0.1, -0.05) is 104 Å². The van der Waals surface area contributed by atoms with Gasteiger partial charge in [0.25, 0.3) is 10.1 Å². The average molecular weight is 433 g/mol. The zero-order chi connectivity index (χ0) is 21.5. The predicted octanol–water partition coefficient (Wildman–Crippen LogP) is 7.12. The van der Waals surface area contributed by atoms with Crippen molar-refractivity contribution in [3.05, 3.63) is 29.3 Å². The van der Waals surface area contributed by atoms with E-state index < -0.39 is 10.1 Å².